The molecule has 70 valence electrons. The zero-order valence-corrected chi connectivity index (χ0v) is 7.21. The Morgan fingerprint density at radius 3 is 2.25 bits per heavy atom. The fourth-order valence-corrected chi connectivity index (χ4v) is 1.53. The Balaban J connectivity index is 2.86. The van der Waals surface area contributed by atoms with Crippen molar-refractivity contribution in [1.82, 2.24) is 0 Å². The van der Waals surface area contributed by atoms with Crippen molar-refractivity contribution in [3.05, 3.63) is 0 Å². The smallest absolute Gasteiger partial charge is 0.344 e. The van der Waals surface area contributed by atoms with Crippen LogP contribution in [0.15, 0.2) is 0 Å². The van der Waals surface area contributed by atoms with E-state index >= 15 is 0 Å². The van der Waals surface area contributed by atoms with E-state index in [9.17, 15) is 14.3 Å². The molecule has 0 amide bonds. The van der Waals surface area contributed by atoms with Gasteiger partial charge in [0.2, 0.25) is 6.17 Å². The molecule has 1 saturated heterocycles. The summed E-state index contributed by atoms with van der Waals surface area (Å²) in [6.45, 7) is 3.52. The minimum absolute atomic E-state index is 0.441. The number of halogens is 1. The van der Waals surface area contributed by atoms with E-state index in [2.05, 4.69) is 0 Å². The number of esters is 1. The summed E-state index contributed by atoms with van der Waals surface area (Å²) in [6, 6.07) is 0. The van der Waals surface area contributed by atoms with Crippen LogP contribution in [0.25, 0.3) is 0 Å². The highest BCUT2D eigenvalue weighted by Gasteiger charge is 2.53. The molecule has 1 fully saturated rings. The van der Waals surface area contributed by atoms with E-state index in [1.807, 2.05) is 0 Å². The van der Waals surface area contributed by atoms with Crippen molar-refractivity contribution in [2.45, 2.75) is 44.6 Å². The molecule has 0 spiro atoms. The Kier molecular flexibility index (Phi) is 2.37. The second kappa shape index (κ2) is 3.01. The van der Waals surface area contributed by atoms with Crippen molar-refractivity contribution < 1.29 is 19.0 Å². The molecule has 0 aromatic heterocycles. The van der Waals surface area contributed by atoms with Crippen LogP contribution >= 0.6 is 0 Å². The van der Waals surface area contributed by atoms with Crippen molar-refractivity contribution in [1.29, 1.82) is 0 Å². The third-order valence-corrected chi connectivity index (χ3v) is 2.54. The summed E-state index contributed by atoms with van der Waals surface area (Å²) in [5.74, 6) is -0.939. The summed E-state index contributed by atoms with van der Waals surface area (Å²) < 4.78 is 17.7. The Bertz CT molecular complexity index is 189. The van der Waals surface area contributed by atoms with E-state index in [4.69, 9.17) is 4.74 Å². The summed E-state index contributed by atoms with van der Waals surface area (Å²) in [5.41, 5.74) is -0.990. The first kappa shape index (κ1) is 9.45. The molecular weight excluding hydrogens is 163 g/mol. The zero-order chi connectivity index (χ0) is 9.35. The number of rotatable bonds is 2. The molecule has 0 aromatic carbocycles. The molecule has 1 aliphatic heterocycles. The highest BCUT2D eigenvalue weighted by Crippen LogP contribution is 2.34. The quantitative estimate of drug-likeness (QED) is 0.633. The average Bonchev–Trinajstić information content (AvgIpc) is 2.30. The van der Waals surface area contributed by atoms with Crippen LogP contribution in [0.3, 0.4) is 0 Å². The van der Waals surface area contributed by atoms with Crippen LogP contribution in [0.2, 0.25) is 0 Å². The predicted molar refractivity (Wildman–Crippen MR) is 40.3 cm³/mol. The van der Waals surface area contributed by atoms with E-state index < -0.39 is 23.8 Å². The molecule has 1 rings (SSSR count). The van der Waals surface area contributed by atoms with E-state index in [0.717, 1.165) is 0 Å². The summed E-state index contributed by atoms with van der Waals surface area (Å²) >= 11 is 0. The highest BCUT2D eigenvalue weighted by molar-refractivity contribution is 5.78. The maximum absolute atomic E-state index is 12.9. The lowest BCUT2D eigenvalue weighted by Crippen LogP contribution is -2.40. The third kappa shape index (κ3) is 1.10. The summed E-state index contributed by atoms with van der Waals surface area (Å²) in [7, 11) is 0. The Morgan fingerprint density at radius 2 is 2.08 bits per heavy atom. The number of hydrogen-bond acceptors (Lipinski definition) is 3. The molecule has 4 heteroatoms. The molecule has 3 nitrogen and oxygen atoms in total. The van der Waals surface area contributed by atoms with Gasteiger partial charge >= 0.3 is 5.97 Å². The van der Waals surface area contributed by atoms with Gasteiger partial charge in [-0.05, 0) is 12.8 Å². The molecule has 0 aliphatic carbocycles. The van der Waals surface area contributed by atoms with Crippen LogP contribution < -0.4 is 0 Å². The van der Waals surface area contributed by atoms with E-state index in [1.54, 1.807) is 13.8 Å². The second-order valence-electron chi connectivity index (χ2n) is 3.04. The van der Waals surface area contributed by atoms with Crippen molar-refractivity contribution in [3.8, 4) is 0 Å². The van der Waals surface area contributed by atoms with Crippen LogP contribution in [-0.2, 0) is 9.53 Å². The number of ether oxygens (including phenoxy) is 1. The third-order valence-electron chi connectivity index (χ3n) is 2.54. The average molecular weight is 176 g/mol. The minimum Gasteiger partial charge on any atom is -0.454 e. The first-order chi connectivity index (χ1) is 5.57. The van der Waals surface area contributed by atoms with Crippen molar-refractivity contribution in [2.75, 3.05) is 0 Å². The first-order valence-corrected chi connectivity index (χ1v) is 4.12. The molecule has 0 aromatic rings. The molecule has 12 heavy (non-hydrogen) atoms. The van der Waals surface area contributed by atoms with Gasteiger partial charge < -0.3 is 9.84 Å². The number of aliphatic hydroxyl groups excluding tert-OH is 1. The van der Waals surface area contributed by atoms with Gasteiger partial charge in [0.15, 0.2) is 0 Å². The topological polar surface area (TPSA) is 46.5 Å². The minimum atomic E-state index is -1.87. The standard InChI is InChI=1S/C8H13FO3/c1-3-8(4-2)6(10)5(9)7(11)12-8/h5-6,10H,3-4H2,1-2H3/t5-,6+/m0/s1. The molecule has 0 radical (unpaired) electrons. The van der Waals surface area contributed by atoms with Crippen LogP contribution in [0.5, 0.6) is 0 Å². The lowest BCUT2D eigenvalue weighted by atomic mass is 9.90. The van der Waals surface area contributed by atoms with Crippen molar-refractivity contribution >= 4 is 5.97 Å². The Hall–Kier alpha value is -0.640. The molecular formula is C8H13FO3. The largest absolute Gasteiger partial charge is 0.454 e. The van der Waals surface area contributed by atoms with Gasteiger partial charge in [-0.1, -0.05) is 13.8 Å². The molecule has 0 bridgehead atoms. The number of carbonyl (C=O) groups is 1. The Labute approximate surface area is 70.5 Å². The highest BCUT2D eigenvalue weighted by atomic mass is 19.1. The normalized spacial score (nSPS) is 33.5. The molecule has 2 atom stereocenters. The monoisotopic (exact) mass is 176 g/mol. The SMILES string of the molecule is CCC1(CC)OC(=O)[C@@H](F)[C@H]1O. The van der Waals surface area contributed by atoms with E-state index in [-0.39, 0.29) is 0 Å². The summed E-state index contributed by atoms with van der Waals surface area (Å²) in [5, 5.41) is 9.36. The number of cyclic esters (lactones) is 1. The Morgan fingerprint density at radius 1 is 1.58 bits per heavy atom. The van der Waals surface area contributed by atoms with Gasteiger partial charge in [0, 0.05) is 0 Å². The van der Waals surface area contributed by atoms with Gasteiger partial charge in [-0.2, -0.15) is 0 Å². The van der Waals surface area contributed by atoms with E-state index in [0.29, 0.717) is 12.8 Å². The van der Waals surface area contributed by atoms with E-state index in [1.165, 1.54) is 0 Å². The second-order valence-corrected chi connectivity index (χ2v) is 3.04. The van der Waals surface area contributed by atoms with Gasteiger partial charge in [-0.3, -0.25) is 0 Å². The molecule has 1 heterocycles. The maximum Gasteiger partial charge on any atom is 0.344 e. The maximum atomic E-state index is 12.9. The summed E-state index contributed by atoms with van der Waals surface area (Å²) in [4.78, 5) is 10.8. The van der Waals surface area contributed by atoms with Crippen molar-refractivity contribution in [3.63, 3.8) is 0 Å². The van der Waals surface area contributed by atoms with Gasteiger partial charge in [0.05, 0.1) is 0 Å². The van der Waals surface area contributed by atoms with Gasteiger partial charge in [-0.25, -0.2) is 9.18 Å². The van der Waals surface area contributed by atoms with Gasteiger partial charge in [0.1, 0.15) is 11.7 Å². The predicted octanol–water partition coefficient (Wildman–Crippen LogP) is 0.801. The molecule has 0 saturated carbocycles. The fraction of sp³-hybridized carbons (Fsp3) is 0.875. The van der Waals surface area contributed by atoms with Gasteiger partial charge in [0.25, 0.3) is 0 Å². The number of alkyl halides is 1. The van der Waals surface area contributed by atoms with Crippen LogP contribution in [-0.4, -0.2) is 29.0 Å². The zero-order valence-electron chi connectivity index (χ0n) is 7.21. The van der Waals surface area contributed by atoms with Gasteiger partial charge in [-0.15, -0.1) is 0 Å². The summed E-state index contributed by atoms with van der Waals surface area (Å²) in [6.07, 6.45) is -2.29. The number of carbonyl (C=O) groups excluding carboxylic acids is 1. The lowest BCUT2D eigenvalue weighted by Gasteiger charge is -2.27. The molecule has 0 unspecified atom stereocenters. The fourth-order valence-electron chi connectivity index (χ4n) is 1.53. The number of aliphatic hydroxyl groups is 1. The first-order valence-electron chi connectivity index (χ1n) is 4.12. The van der Waals surface area contributed by atoms with Crippen molar-refractivity contribution in [2.24, 2.45) is 0 Å². The lowest BCUT2D eigenvalue weighted by molar-refractivity contribution is -0.153. The number of hydrogen-bond donors (Lipinski definition) is 1. The van der Waals surface area contributed by atoms with Crippen LogP contribution in [0, 0.1) is 0 Å². The van der Waals surface area contributed by atoms with Crippen LogP contribution in [0.1, 0.15) is 26.7 Å². The molecule has 1 N–H and O–H groups in total. The van der Waals surface area contributed by atoms with Crippen LogP contribution in [0.4, 0.5) is 4.39 Å². The molecule has 1 aliphatic rings.